The molecule has 15 heavy (non-hydrogen) atoms. The summed E-state index contributed by atoms with van der Waals surface area (Å²) in [6.45, 7) is 0. The summed E-state index contributed by atoms with van der Waals surface area (Å²) in [5.41, 5.74) is 7.20. The molecule has 3 aromatic heterocycles. The van der Waals surface area contributed by atoms with Gasteiger partial charge in [0.15, 0.2) is 5.65 Å². The number of nitrogens with zero attached hydrogens (tertiary/aromatic N) is 5. The lowest BCUT2D eigenvalue weighted by Gasteiger charge is -2.00. The van der Waals surface area contributed by atoms with Gasteiger partial charge in [0.05, 0.1) is 12.0 Å². The van der Waals surface area contributed by atoms with Crippen LogP contribution in [0.4, 0.5) is 5.95 Å². The monoisotopic (exact) mass is 200 g/mol. The predicted octanol–water partition coefficient (Wildman–Crippen LogP) is 0.497. The van der Waals surface area contributed by atoms with Crippen molar-refractivity contribution in [3.05, 3.63) is 37.1 Å². The van der Waals surface area contributed by atoms with Crippen LogP contribution in [0, 0.1) is 0 Å². The first-order valence-corrected chi connectivity index (χ1v) is 4.43. The molecule has 0 aliphatic heterocycles. The summed E-state index contributed by atoms with van der Waals surface area (Å²) in [7, 11) is 0. The molecule has 0 fully saturated rings. The Balaban J connectivity index is 2.21. The number of fused-ring (bicyclic) bond motifs is 1. The molecule has 0 aliphatic carbocycles. The molecule has 2 N–H and O–H groups in total. The van der Waals surface area contributed by atoms with Crippen LogP contribution in [-0.4, -0.2) is 24.1 Å². The second kappa shape index (κ2) is 2.81. The van der Waals surface area contributed by atoms with Crippen molar-refractivity contribution in [2.75, 3.05) is 5.73 Å². The molecular formula is C9H8N6. The molecule has 0 spiro atoms. The summed E-state index contributed by atoms with van der Waals surface area (Å²) in [5, 5.41) is 3.99. The van der Waals surface area contributed by atoms with Gasteiger partial charge in [-0.2, -0.15) is 4.98 Å². The molecule has 3 heterocycles. The van der Waals surface area contributed by atoms with Crippen molar-refractivity contribution < 1.29 is 0 Å². The summed E-state index contributed by atoms with van der Waals surface area (Å²) in [6.07, 6.45) is 7.13. The van der Waals surface area contributed by atoms with Crippen LogP contribution in [0.5, 0.6) is 0 Å². The maximum Gasteiger partial charge on any atom is 0.240 e. The lowest BCUT2D eigenvalue weighted by atomic mass is 10.4. The molecule has 0 aromatic carbocycles. The van der Waals surface area contributed by atoms with E-state index in [0.29, 0.717) is 0 Å². The van der Waals surface area contributed by atoms with Crippen molar-refractivity contribution >= 4 is 11.6 Å². The number of hydrogen-bond acceptors (Lipinski definition) is 4. The first-order chi connectivity index (χ1) is 7.33. The molecule has 0 aliphatic rings. The third-order valence-electron chi connectivity index (χ3n) is 2.14. The molecule has 0 atom stereocenters. The van der Waals surface area contributed by atoms with Crippen LogP contribution in [0.3, 0.4) is 0 Å². The number of nitrogen functional groups attached to an aromatic ring is 1. The Morgan fingerprint density at radius 1 is 1.27 bits per heavy atom. The molecule has 0 saturated heterocycles. The van der Waals surface area contributed by atoms with Gasteiger partial charge in [-0.15, -0.1) is 5.10 Å². The normalized spacial score (nSPS) is 10.9. The topological polar surface area (TPSA) is 74.0 Å². The predicted molar refractivity (Wildman–Crippen MR) is 54.5 cm³/mol. The van der Waals surface area contributed by atoms with Gasteiger partial charge >= 0.3 is 0 Å². The Morgan fingerprint density at radius 2 is 2.20 bits per heavy atom. The zero-order valence-corrected chi connectivity index (χ0v) is 7.78. The largest absolute Gasteiger partial charge is 0.366 e. The van der Waals surface area contributed by atoms with E-state index in [1.807, 2.05) is 29.1 Å². The van der Waals surface area contributed by atoms with Gasteiger partial charge in [0.1, 0.15) is 0 Å². The van der Waals surface area contributed by atoms with Gasteiger partial charge in [0.25, 0.3) is 0 Å². The molecular weight excluding hydrogens is 192 g/mol. The number of nitrogens with two attached hydrogens (primary N) is 1. The SMILES string of the molecule is Nc1nc2cc(-n3ccnc3)ccn2n1. The Kier molecular flexibility index (Phi) is 1.49. The summed E-state index contributed by atoms with van der Waals surface area (Å²) >= 11 is 0. The maximum absolute atomic E-state index is 5.50. The third kappa shape index (κ3) is 1.23. The Labute approximate surface area is 85.0 Å². The van der Waals surface area contributed by atoms with Gasteiger partial charge in [0.2, 0.25) is 5.95 Å². The van der Waals surface area contributed by atoms with E-state index in [0.717, 1.165) is 11.3 Å². The highest BCUT2D eigenvalue weighted by Crippen LogP contribution is 2.10. The average molecular weight is 200 g/mol. The van der Waals surface area contributed by atoms with Gasteiger partial charge in [-0.05, 0) is 6.07 Å². The summed E-state index contributed by atoms with van der Waals surface area (Å²) in [5.74, 6) is 0.276. The molecule has 3 aromatic rings. The fourth-order valence-electron chi connectivity index (χ4n) is 1.46. The van der Waals surface area contributed by atoms with Crippen molar-refractivity contribution in [3.8, 4) is 5.69 Å². The third-order valence-corrected chi connectivity index (χ3v) is 2.14. The number of pyridine rings is 1. The smallest absolute Gasteiger partial charge is 0.240 e. The molecule has 6 nitrogen and oxygen atoms in total. The van der Waals surface area contributed by atoms with Gasteiger partial charge in [0, 0.05) is 24.7 Å². The zero-order valence-electron chi connectivity index (χ0n) is 7.78. The van der Waals surface area contributed by atoms with E-state index in [-0.39, 0.29) is 5.95 Å². The maximum atomic E-state index is 5.50. The summed E-state index contributed by atoms with van der Waals surface area (Å²) < 4.78 is 3.53. The molecule has 6 heteroatoms. The van der Waals surface area contributed by atoms with E-state index in [1.165, 1.54) is 0 Å². The van der Waals surface area contributed by atoms with Crippen molar-refractivity contribution in [3.63, 3.8) is 0 Å². The average Bonchev–Trinajstić information content (AvgIpc) is 2.82. The number of aromatic nitrogens is 5. The molecule has 0 amide bonds. The van der Waals surface area contributed by atoms with Crippen LogP contribution >= 0.6 is 0 Å². The van der Waals surface area contributed by atoms with Gasteiger partial charge < -0.3 is 10.3 Å². The van der Waals surface area contributed by atoms with Crippen molar-refractivity contribution in [2.24, 2.45) is 0 Å². The zero-order chi connectivity index (χ0) is 10.3. The van der Waals surface area contributed by atoms with E-state index >= 15 is 0 Å². The summed E-state index contributed by atoms with van der Waals surface area (Å²) in [4.78, 5) is 8.06. The minimum absolute atomic E-state index is 0.276. The van der Waals surface area contributed by atoms with E-state index in [4.69, 9.17) is 5.73 Å². The minimum atomic E-state index is 0.276. The second-order valence-electron chi connectivity index (χ2n) is 3.13. The van der Waals surface area contributed by atoms with E-state index in [2.05, 4.69) is 15.1 Å². The quantitative estimate of drug-likeness (QED) is 0.620. The van der Waals surface area contributed by atoms with Crippen LogP contribution in [0.25, 0.3) is 11.3 Å². The van der Waals surface area contributed by atoms with Crippen molar-refractivity contribution in [2.45, 2.75) is 0 Å². The molecule has 0 saturated carbocycles. The fraction of sp³-hybridized carbons (Fsp3) is 0. The Bertz CT molecular complexity index is 594. The second-order valence-corrected chi connectivity index (χ2v) is 3.13. The fourth-order valence-corrected chi connectivity index (χ4v) is 1.46. The number of hydrogen-bond donors (Lipinski definition) is 1. The van der Waals surface area contributed by atoms with Crippen LogP contribution in [0.2, 0.25) is 0 Å². The standard InChI is InChI=1S/C9H8N6/c10-9-12-8-5-7(1-3-15(8)13-9)14-4-2-11-6-14/h1-6H,(H2,10,13). The number of imidazole rings is 1. The molecule has 0 unspecified atom stereocenters. The van der Waals surface area contributed by atoms with E-state index in [9.17, 15) is 0 Å². The lowest BCUT2D eigenvalue weighted by molar-refractivity contribution is 0.954. The van der Waals surface area contributed by atoms with Crippen molar-refractivity contribution in [1.82, 2.24) is 24.1 Å². The lowest BCUT2D eigenvalue weighted by Crippen LogP contribution is -1.93. The van der Waals surface area contributed by atoms with Gasteiger partial charge in [-0.3, -0.25) is 0 Å². The van der Waals surface area contributed by atoms with Gasteiger partial charge in [-0.1, -0.05) is 0 Å². The number of rotatable bonds is 1. The highest BCUT2D eigenvalue weighted by molar-refractivity contribution is 5.49. The number of anilines is 1. The van der Waals surface area contributed by atoms with E-state index in [1.54, 1.807) is 17.0 Å². The van der Waals surface area contributed by atoms with Crippen LogP contribution in [0.1, 0.15) is 0 Å². The molecule has 74 valence electrons. The highest BCUT2D eigenvalue weighted by atomic mass is 15.3. The minimum Gasteiger partial charge on any atom is -0.366 e. The van der Waals surface area contributed by atoms with Crippen molar-refractivity contribution in [1.29, 1.82) is 0 Å². The molecule has 3 rings (SSSR count). The Morgan fingerprint density at radius 3 is 3.00 bits per heavy atom. The van der Waals surface area contributed by atoms with Crippen LogP contribution in [0.15, 0.2) is 37.1 Å². The first kappa shape index (κ1) is 7.98. The van der Waals surface area contributed by atoms with E-state index < -0.39 is 0 Å². The Hall–Kier alpha value is -2.37. The molecule has 0 bridgehead atoms. The van der Waals surface area contributed by atoms with Crippen LogP contribution < -0.4 is 5.73 Å². The summed E-state index contributed by atoms with van der Waals surface area (Å²) in [6, 6.07) is 3.81. The first-order valence-electron chi connectivity index (χ1n) is 4.43. The van der Waals surface area contributed by atoms with Crippen LogP contribution in [-0.2, 0) is 0 Å². The van der Waals surface area contributed by atoms with Gasteiger partial charge in [-0.25, -0.2) is 9.50 Å². The molecule has 0 radical (unpaired) electrons. The highest BCUT2D eigenvalue weighted by Gasteiger charge is 2.01.